The Bertz CT molecular complexity index is 970. The van der Waals surface area contributed by atoms with Gasteiger partial charge in [0.05, 0.1) is 18.1 Å². The van der Waals surface area contributed by atoms with Crippen molar-refractivity contribution in [1.29, 1.82) is 0 Å². The Hall–Kier alpha value is -2.31. The molecule has 0 radical (unpaired) electrons. The van der Waals surface area contributed by atoms with E-state index in [0.29, 0.717) is 23.6 Å². The third-order valence-corrected chi connectivity index (χ3v) is 7.29. The summed E-state index contributed by atoms with van der Waals surface area (Å²) in [5, 5.41) is -0.250. The first kappa shape index (κ1) is 20.4. The second kappa shape index (κ2) is 8.80. The van der Waals surface area contributed by atoms with Crippen LogP contribution in [0.15, 0.2) is 54.6 Å². The van der Waals surface area contributed by atoms with Gasteiger partial charge in [-0.2, -0.15) is 0 Å². The highest BCUT2D eigenvalue weighted by molar-refractivity contribution is 7.91. The summed E-state index contributed by atoms with van der Waals surface area (Å²) in [7, 11) is -1.80. The summed E-state index contributed by atoms with van der Waals surface area (Å²) in [5.74, 6) is 0.461. The van der Waals surface area contributed by atoms with Gasteiger partial charge >= 0.3 is 0 Å². The number of hydrogen-bond donors (Lipinski definition) is 0. The highest BCUT2D eigenvalue weighted by atomic mass is 35.5. The summed E-state index contributed by atoms with van der Waals surface area (Å²) in [5.41, 5.74) is 1.47. The molecule has 1 aliphatic rings. The van der Waals surface area contributed by atoms with E-state index >= 15 is 0 Å². The number of amides is 1. The molecule has 2 aromatic carbocycles. The molecule has 0 saturated carbocycles. The zero-order valence-electron chi connectivity index (χ0n) is 15.5. The number of hydrogen-bond acceptors (Lipinski definition) is 4. The number of rotatable bonds is 4. The van der Waals surface area contributed by atoms with Gasteiger partial charge in [-0.3, -0.25) is 4.79 Å². The molecule has 7 heteroatoms. The summed E-state index contributed by atoms with van der Waals surface area (Å²) < 4.78 is 30.6. The van der Waals surface area contributed by atoms with Gasteiger partial charge in [-0.1, -0.05) is 41.9 Å². The van der Waals surface area contributed by atoms with Crippen molar-refractivity contribution in [3.8, 4) is 5.75 Å². The number of benzene rings is 2. The van der Waals surface area contributed by atoms with Crippen molar-refractivity contribution in [2.24, 2.45) is 0 Å². The Kier molecular flexibility index (Phi) is 6.42. The van der Waals surface area contributed by atoms with Gasteiger partial charge in [0.15, 0.2) is 9.84 Å². The lowest BCUT2D eigenvalue weighted by Gasteiger charge is -2.18. The maximum absolute atomic E-state index is 12.7. The quantitative estimate of drug-likeness (QED) is 0.708. The van der Waals surface area contributed by atoms with E-state index in [1.165, 1.54) is 6.08 Å². The van der Waals surface area contributed by atoms with E-state index in [1.807, 2.05) is 24.3 Å². The molecule has 0 spiro atoms. The summed E-state index contributed by atoms with van der Waals surface area (Å²) in [6, 6.07) is 14.3. The van der Waals surface area contributed by atoms with E-state index in [9.17, 15) is 13.2 Å². The van der Waals surface area contributed by atoms with Crippen molar-refractivity contribution in [1.82, 2.24) is 4.90 Å². The Morgan fingerprint density at radius 2 is 1.86 bits per heavy atom. The molecular weight excluding hydrogens is 398 g/mol. The van der Waals surface area contributed by atoms with Crippen molar-refractivity contribution >= 4 is 33.4 Å². The average molecular weight is 420 g/mol. The Morgan fingerprint density at radius 3 is 2.54 bits per heavy atom. The van der Waals surface area contributed by atoms with E-state index in [2.05, 4.69) is 0 Å². The van der Waals surface area contributed by atoms with Gasteiger partial charge < -0.3 is 9.64 Å². The first-order valence-electron chi connectivity index (χ1n) is 8.98. The molecule has 0 bridgehead atoms. The standard InChI is InChI=1S/C21H22ClNO4S/c1-27-17-9-6-16(7-10-17)8-11-21(24)23-13-12-20(28(25,26)15-14-23)18-4-2-3-5-19(18)22/h2-11,20H,12-15H2,1H3/b11-8+. The monoisotopic (exact) mass is 419 g/mol. The molecule has 28 heavy (non-hydrogen) atoms. The van der Waals surface area contributed by atoms with Gasteiger partial charge in [-0.15, -0.1) is 0 Å². The molecule has 148 valence electrons. The molecule has 3 rings (SSSR count). The van der Waals surface area contributed by atoms with Gasteiger partial charge in [-0.25, -0.2) is 8.42 Å². The maximum Gasteiger partial charge on any atom is 0.246 e. The molecule has 1 heterocycles. The summed E-state index contributed by atoms with van der Waals surface area (Å²) in [4.78, 5) is 14.1. The van der Waals surface area contributed by atoms with Crippen LogP contribution in [0.1, 0.15) is 22.8 Å². The van der Waals surface area contributed by atoms with E-state index < -0.39 is 15.1 Å². The predicted octanol–water partition coefficient (Wildman–Crippen LogP) is 3.75. The molecule has 2 aromatic rings. The van der Waals surface area contributed by atoms with Crippen molar-refractivity contribution in [3.05, 3.63) is 70.8 Å². The lowest BCUT2D eigenvalue weighted by Crippen LogP contribution is -2.32. The first-order valence-corrected chi connectivity index (χ1v) is 11.1. The molecule has 0 aliphatic carbocycles. The van der Waals surface area contributed by atoms with Crippen LogP contribution >= 0.6 is 11.6 Å². The third kappa shape index (κ3) is 4.75. The van der Waals surface area contributed by atoms with Crippen LogP contribution in [0.5, 0.6) is 5.75 Å². The molecule has 0 N–H and O–H groups in total. The number of sulfone groups is 1. The van der Waals surface area contributed by atoms with Crippen molar-refractivity contribution in [2.75, 3.05) is 26.0 Å². The van der Waals surface area contributed by atoms with Crippen LogP contribution in [-0.2, 0) is 14.6 Å². The number of methoxy groups -OCH3 is 1. The van der Waals surface area contributed by atoms with Crippen LogP contribution in [0, 0.1) is 0 Å². The van der Waals surface area contributed by atoms with E-state index in [4.69, 9.17) is 16.3 Å². The highest BCUT2D eigenvalue weighted by Gasteiger charge is 2.33. The fourth-order valence-corrected chi connectivity index (χ4v) is 5.39. The molecule has 5 nitrogen and oxygen atoms in total. The largest absolute Gasteiger partial charge is 0.497 e. The molecule has 0 aromatic heterocycles. The second-order valence-electron chi connectivity index (χ2n) is 6.60. The molecule has 1 amide bonds. The topological polar surface area (TPSA) is 63.7 Å². The minimum Gasteiger partial charge on any atom is -0.497 e. The number of ether oxygens (including phenoxy) is 1. The second-order valence-corrected chi connectivity index (χ2v) is 9.31. The van der Waals surface area contributed by atoms with Gasteiger partial charge in [0.2, 0.25) is 5.91 Å². The van der Waals surface area contributed by atoms with Gasteiger partial charge in [0.1, 0.15) is 5.75 Å². The van der Waals surface area contributed by atoms with Crippen LogP contribution in [-0.4, -0.2) is 45.2 Å². The van der Waals surface area contributed by atoms with Gasteiger partial charge in [0.25, 0.3) is 0 Å². The number of nitrogens with zero attached hydrogens (tertiary/aromatic N) is 1. The number of carbonyl (C=O) groups excluding carboxylic acids is 1. The van der Waals surface area contributed by atoms with E-state index in [-0.39, 0.29) is 18.2 Å². The van der Waals surface area contributed by atoms with Crippen LogP contribution in [0.4, 0.5) is 0 Å². The molecule has 1 aliphatic heterocycles. The van der Waals surface area contributed by atoms with E-state index in [0.717, 1.165) is 11.3 Å². The van der Waals surface area contributed by atoms with Crippen LogP contribution < -0.4 is 4.74 Å². The zero-order chi connectivity index (χ0) is 20.1. The average Bonchev–Trinajstić information content (AvgIpc) is 2.85. The SMILES string of the molecule is COc1ccc(/C=C/C(=O)N2CCC(c3ccccc3Cl)S(=O)(=O)CC2)cc1. The normalized spacial score (nSPS) is 19.4. The zero-order valence-corrected chi connectivity index (χ0v) is 17.1. The van der Waals surface area contributed by atoms with Crippen LogP contribution in [0.2, 0.25) is 5.02 Å². The van der Waals surface area contributed by atoms with Crippen molar-refractivity contribution < 1.29 is 17.9 Å². The Labute approximate surface area is 170 Å². The molecule has 1 atom stereocenters. The summed E-state index contributed by atoms with van der Waals surface area (Å²) >= 11 is 6.21. The smallest absolute Gasteiger partial charge is 0.246 e. The third-order valence-electron chi connectivity index (χ3n) is 4.84. The van der Waals surface area contributed by atoms with Crippen LogP contribution in [0.3, 0.4) is 0 Å². The fourth-order valence-electron chi connectivity index (χ4n) is 3.24. The maximum atomic E-state index is 12.7. The molecule has 1 fully saturated rings. The first-order chi connectivity index (χ1) is 13.4. The molecular formula is C21H22ClNO4S. The Morgan fingerprint density at radius 1 is 1.14 bits per heavy atom. The lowest BCUT2D eigenvalue weighted by atomic mass is 10.1. The number of carbonyl (C=O) groups is 1. The molecule has 1 unspecified atom stereocenters. The fraction of sp³-hybridized carbons (Fsp3) is 0.286. The summed E-state index contributed by atoms with van der Waals surface area (Å²) in [6.07, 6.45) is 3.52. The lowest BCUT2D eigenvalue weighted by molar-refractivity contribution is -0.125. The Balaban J connectivity index is 1.72. The van der Waals surface area contributed by atoms with Crippen molar-refractivity contribution in [3.63, 3.8) is 0 Å². The van der Waals surface area contributed by atoms with Gasteiger partial charge in [-0.05, 0) is 41.8 Å². The summed E-state index contributed by atoms with van der Waals surface area (Å²) in [6.45, 7) is 0.538. The van der Waals surface area contributed by atoms with E-state index in [1.54, 1.807) is 42.4 Å². The predicted molar refractivity (Wildman–Crippen MR) is 111 cm³/mol. The van der Waals surface area contributed by atoms with Crippen molar-refractivity contribution in [2.45, 2.75) is 11.7 Å². The van der Waals surface area contributed by atoms with Crippen LogP contribution in [0.25, 0.3) is 6.08 Å². The molecule has 1 saturated heterocycles. The highest BCUT2D eigenvalue weighted by Crippen LogP contribution is 2.33. The minimum atomic E-state index is -3.39. The number of halogens is 1. The van der Waals surface area contributed by atoms with Gasteiger partial charge in [0, 0.05) is 24.2 Å². The minimum absolute atomic E-state index is 0.0784.